The summed E-state index contributed by atoms with van der Waals surface area (Å²) >= 11 is 0. The Morgan fingerprint density at radius 2 is 2.25 bits per heavy atom. The highest BCUT2D eigenvalue weighted by Crippen LogP contribution is 2.18. The number of hydrogen-bond acceptors (Lipinski definition) is 5. The first-order valence-corrected chi connectivity index (χ1v) is 5.29. The molecule has 6 heteroatoms. The quantitative estimate of drug-likeness (QED) is 0.785. The summed E-state index contributed by atoms with van der Waals surface area (Å²) in [5, 5.41) is 0. The number of aromatic nitrogens is 4. The van der Waals surface area contributed by atoms with Crippen LogP contribution >= 0.6 is 0 Å². The van der Waals surface area contributed by atoms with Gasteiger partial charge in [-0.05, 0) is 13.3 Å². The Bertz CT molecular complexity index is 463. The second-order valence-electron chi connectivity index (χ2n) is 3.99. The Hall–Kier alpha value is -1.69. The molecule has 2 heterocycles. The molecular weight excluding hydrogens is 204 g/mol. The predicted molar refractivity (Wildman–Crippen MR) is 63.2 cm³/mol. The summed E-state index contributed by atoms with van der Waals surface area (Å²) in [5.41, 5.74) is 7.29. The molecule has 1 atom stereocenters. The molecule has 0 bridgehead atoms. The fourth-order valence-electron chi connectivity index (χ4n) is 1.54. The molecule has 0 spiro atoms. The SMILES string of the molecule is CC(N)CCN(C)c1ncnc2nc[nH]c12. The van der Waals surface area contributed by atoms with E-state index in [1.807, 2.05) is 14.0 Å². The number of nitrogens with two attached hydrogens (primary N) is 1. The van der Waals surface area contributed by atoms with Crippen molar-refractivity contribution in [3.05, 3.63) is 12.7 Å². The van der Waals surface area contributed by atoms with Crippen LogP contribution < -0.4 is 10.6 Å². The van der Waals surface area contributed by atoms with Gasteiger partial charge in [-0.25, -0.2) is 15.0 Å². The van der Waals surface area contributed by atoms with Gasteiger partial charge in [-0.15, -0.1) is 0 Å². The van der Waals surface area contributed by atoms with E-state index in [1.165, 1.54) is 6.33 Å². The Morgan fingerprint density at radius 1 is 1.44 bits per heavy atom. The number of hydrogen-bond donors (Lipinski definition) is 2. The van der Waals surface area contributed by atoms with Gasteiger partial charge >= 0.3 is 0 Å². The molecule has 0 aliphatic heterocycles. The minimum absolute atomic E-state index is 0.196. The molecule has 0 fully saturated rings. The van der Waals surface area contributed by atoms with Crippen LogP contribution in [-0.4, -0.2) is 39.6 Å². The molecular formula is C10H16N6. The summed E-state index contributed by atoms with van der Waals surface area (Å²) in [4.78, 5) is 17.5. The summed E-state index contributed by atoms with van der Waals surface area (Å²) in [7, 11) is 1.99. The number of rotatable bonds is 4. The standard InChI is InChI=1S/C10H16N6/c1-7(11)3-4-16(2)10-8-9(13-5-12-8)14-6-15-10/h5-7H,3-4,11H2,1-2H3,(H,12,13,14,15). The van der Waals surface area contributed by atoms with E-state index in [-0.39, 0.29) is 6.04 Å². The molecule has 0 saturated carbocycles. The number of fused-ring (bicyclic) bond motifs is 1. The number of nitrogens with one attached hydrogen (secondary N) is 1. The second kappa shape index (κ2) is 4.44. The van der Waals surface area contributed by atoms with Gasteiger partial charge in [0.25, 0.3) is 0 Å². The van der Waals surface area contributed by atoms with E-state index in [4.69, 9.17) is 5.73 Å². The molecule has 3 N–H and O–H groups in total. The van der Waals surface area contributed by atoms with Gasteiger partial charge in [-0.2, -0.15) is 0 Å². The fraction of sp³-hybridized carbons (Fsp3) is 0.500. The average Bonchev–Trinajstić information content (AvgIpc) is 2.73. The van der Waals surface area contributed by atoms with Crippen molar-refractivity contribution < 1.29 is 0 Å². The van der Waals surface area contributed by atoms with Gasteiger partial charge < -0.3 is 15.6 Å². The Balaban J connectivity index is 2.22. The molecule has 0 aliphatic carbocycles. The van der Waals surface area contributed by atoms with E-state index in [0.717, 1.165) is 24.3 Å². The van der Waals surface area contributed by atoms with Gasteiger partial charge in [0, 0.05) is 19.6 Å². The van der Waals surface area contributed by atoms with Crippen molar-refractivity contribution in [2.45, 2.75) is 19.4 Å². The maximum atomic E-state index is 5.73. The van der Waals surface area contributed by atoms with Crippen molar-refractivity contribution >= 4 is 17.0 Å². The minimum atomic E-state index is 0.196. The van der Waals surface area contributed by atoms with Crippen LogP contribution in [0, 0.1) is 0 Å². The van der Waals surface area contributed by atoms with E-state index in [2.05, 4.69) is 24.8 Å². The molecule has 0 saturated heterocycles. The van der Waals surface area contributed by atoms with E-state index >= 15 is 0 Å². The van der Waals surface area contributed by atoms with Gasteiger partial charge in [-0.3, -0.25) is 0 Å². The number of imidazole rings is 1. The summed E-state index contributed by atoms with van der Waals surface area (Å²) in [6, 6.07) is 0.196. The van der Waals surface area contributed by atoms with Crippen LogP contribution in [0.5, 0.6) is 0 Å². The molecule has 16 heavy (non-hydrogen) atoms. The molecule has 0 amide bonds. The van der Waals surface area contributed by atoms with E-state index < -0.39 is 0 Å². The normalized spacial score (nSPS) is 12.9. The lowest BCUT2D eigenvalue weighted by Crippen LogP contribution is -2.26. The van der Waals surface area contributed by atoms with Crippen LogP contribution in [0.3, 0.4) is 0 Å². The first kappa shape index (κ1) is 10.8. The summed E-state index contributed by atoms with van der Waals surface area (Å²) in [6.07, 6.45) is 4.08. The lowest BCUT2D eigenvalue weighted by Gasteiger charge is -2.19. The maximum Gasteiger partial charge on any atom is 0.182 e. The zero-order valence-corrected chi connectivity index (χ0v) is 9.51. The largest absolute Gasteiger partial charge is 0.358 e. The number of aromatic amines is 1. The molecule has 2 rings (SSSR count). The van der Waals surface area contributed by atoms with Crippen molar-refractivity contribution in [1.82, 2.24) is 19.9 Å². The lowest BCUT2D eigenvalue weighted by molar-refractivity contribution is 0.657. The van der Waals surface area contributed by atoms with Crippen LogP contribution in [0.25, 0.3) is 11.2 Å². The third kappa shape index (κ3) is 2.11. The molecule has 2 aromatic rings. The van der Waals surface area contributed by atoms with Crippen LogP contribution in [0.1, 0.15) is 13.3 Å². The number of H-pyrrole nitrogens is 1. The molecule has 6 nitrogen and oxygen atoms in total. The molecule has 0 aliphatic rings. The monoisotopic (exact) mass is 220 g/mol. The van der Waals surface area contributed by atoms with E-state index in [9.17, 15) is 0 Å². The highest BCUT2D eigenvalue weighted by Gasteiger charge is 2.10. The van der Waals surface area contributed by atoms with Gasteiger partial charge in [0.05, 0.1) is 6.33 Å². The molecule has 2 aromatic heterocycles. The average molecular weight is 220 g/mol. The molecule has 1 unspecified atom stereocenters. The summed E-state index contributed by atoms with van der Waals surface area (Å²) < 4.78 is 0. The topological polar surface area (TPSA) is 83.7 Å². The third-order valence-electron chi connectivity index (χ3n) is 2.48. The zero-order valence-electron chi connectivity index (χ0n) is 9.51. The second-order valence-corrected chi connectivity index (χ2v) is 3.99. The lowest BCUT2D eigenvalue weighted by atomic mass is 10.2. The van der Waals surface area contributed by atoms with Gasteiger partial charge in [0.1, 0.15) is 11.8 Å². The summed E-state index contributed by atoms with van der Waals surface area (Å²) in [5.74, 6) is 0.864. The predicted octanol–water partition coefficient (Wildman–Crippen LogP) is 0.526. The van der Waals surface area contributed by atoms with Crippen LogP contribution in [0.4, 0.5) is 5.82 Å². The van der Waals surface area contributed by atoms with Crippen molar-refractivity contribution in [2.24, 2.45) is 5.73 Å². The third-order valence-corrected chi connectivity index (χ3v) is 2.48. The van der Waals surface area contributed by atoms with Crippen LogP contribution in [-0.2, 0) is 0 Å². The maximum absolute atomic E-state index is 5.73. The smallest absolute Gasteiger partial charge is 0.182 e. The Morgan fingerprint density at radius 3 is 3.00 bits per heavy atom. The molecule has 86 valence electrons. The van der Waals surface area contributed by atoms with E-state index in [0.29, 0.717) is 5.65 Å². The number of nitrogens with zero attached hydrogens (tertiary/aromatic N) is 4. The van der Waals surface area contributed by atoms with E-state index in [1.54, 1.807) is 6.33 Å². The van der Waals surface area contributed by atoms with Crippen molar-refractivity contribution in [2.75, 3.05) is 18.5 Å². The molecule has 0 aromatic carbocycles. The minimum Gasteiger partial charge on any atom is -0.358 e. The van der Waals surface area contributed by atoms with Crippen LogP contribution in [0.2, 0.25) is 0 Å². The molecule has 0 radical (unpaired) electrons. The highest BCUT2D eigenvalue weighted by atomic mass is 15.2. The Labute approximate surface area is 93.9 Å². The van der Waals surface area contributed by atoms with Crippen molar-refractivity contribution in [1.29, 1.82) is 0 Å². The van der Waals surface area contributed by atoms with Gasteiger partial charge in [0.2, 0.25) is 0 Å². The number of anilines is 1. The summed E-state index contributed by atoms with van der Waals surface area (Å²) in [6.45, 7) is 2.86. The van der Waals surface area contributed by atoms with Crippen molar-refractivity contribution in [3.8, 4) is 0 Å². The first-order chi connectivity index (χ1) is 7.68. The zero-order chi connectivity index (χ0) is 11.5. The highest BCUT2D eigenvalue weighted by molar-refractivity contribution is 5.82. The van der Waals surface area contributed by atoms with Gasteiger partial charge in [0.15, 0.2) is 11.5 Å². The fourth-order valence-corrected chi connectivity index (χ4v) is 1.54. The first-order valence-electron chi connectivity index (χ1n) is 5.29. The van der Waals surface area contributed by atoms with Gasteiger partial charge in [-0.1, -0.05) is 0 Å². The Kier molecular flexibility index (Phi) is 3.00. The van der Waals surface area contributed by atoms with Crippen molar-refractivity contribution in [3.63, 3.8) is 0 Å². The van der Waals surface area contributed by atoms with Crippen LogP contribution in [0.15, 0.2) is 12.7 Å².